The zero-order valence-corrected chi connectivity index (χ0v) is 10.5. The van der Waals surface area contributed by atoms with Gasteiger partial charge in [0, 0.05) is 33.3 Å². The van der Waals surface area contributed by atoms with E-state index in [9.17, 15) is 4.79 Å². The number of rotatable bonds is 4. The van der Waals surface area contributed by atoms with Crippen LogP contribution in [-0.2, 0) is 4.79 Å². The summed E-state index contributed by atoms with van der Waals surface area (Å²) in [6.07, 6.45) is 1.85. The first kappa shape index (κ1) is 13.3. The molecule has 0 aliphatic carbocycles. The Labute approximate surface area is 105 Å². The van der Waals surface area contributed by atoms with E-state index in [0.717, 1.165) is 0 Å². The van der Waals surface area contributed by atoms with Gasteiger partial charge in [0.05, 0.1) is 5.56 Å². The average molecular weight is 253 g/mol. The van der Waals surface area contributed by atoms with Gasteiger partial charge in [0.15, 0.2) is 0 Å². The quantitative estimate of drug-likeness (QED) is 0.882. The largest absolute Gasteiger partial charge is 0.368 e. The van der Waals surface area contributed by atoms with Crippen LogP contribution in [0.5, 0.6) is 0 Å². The van der Waals surface area contributed by atoms with Gasteiger partial charge in [0.2, 0.25) is 5.91 Å². The van der Waals surface area contributed by atoms with Gasteiger partial charge >= 0.3 is 0 Å². The van der Waals surface area contributed by atoms with Crippen LogP contribution >= 0.6 is 11.6 Å². The molecule has 5 nitrogen and oxygen atoms in total. The van der Waals surface area contributed by atoms with Crippen LogP contribution in [-0.4, -0.2) is 36.4 Å². The second kappa shape index (κ2) is 6.06. The van der Waals surface area contributed by atoms with Crippen LogP contribution in [0.1, 0.15) is 12.0 Å². The summed E-state index contributed by atoms with van der Waals surface area (Å²) in [5, 5.41) is 12.0. The molecule has 1 heterocycles. The van der Waals surface area contributed by atoms with E-state index >= 15 is 0 Å². The van der Waals surface area contributed by atoms with E-state index in [-0.39, 0.29) is 10.9 Å². The van der Waals surface area contributed by atoms with E-state index in [0.29, 0.717) is 24.3 Å². The smallest absolute Gasteiger partial charge is 0.223 e. The Kier molecular flexibility index (Phi) is 4.73. The molecule has 0 aliphatic heterocycles. The summed E-state index contributed by atoms with van der Waals surface area (Å²) in [4.78, 5) is 16.8. The van der Waals surface area contributed by atoms with E-state index in [4.69, 9.17) is 16.9 Å². The van der Waals surface area contributed by atoms with E-state index < -0.39 is 0 Å². The molecule has 0 spiro atoms. The second-order valence-corrected chi connectivity index (χ2v) is 3.98. The summed E-state index contributed by atoms with van der Waals surface area (Å²) in [5.41, 5.74) is 0.364. The Morgan fingerprint density at radius 3 is 2.94 bits per heavy atom. The Morgan fingerprint density at radius 2 is 2.35 bits per heavy atom. The van der Waals surface area contributed by atoms with E-state index in [1.807, 2.05) is 6.07 Å². The first-order chi connectivity index (χ1) is 8.06. The van der Waals surface area contributed by atoms with Crippen molar-refractivity contribution >= 4 is 23.3 Å². The van der Waals surface area contributed by atoms with Gasteiger partial charge in [0.1, 0.15) is 16.9 Å². The first-order valence-corrected chi connectivity index (χ1v) is 5.42. The number of hydrogen-bond donors (Lipinski definition) is 1. The van der Waals surface area contributed by atoms with Crippen molar-refractivity contribution in [3.8, 4) is 6.07 Å². The number of nitrogens with one attached hydrogen (secondary N) is 1. The van der Waals surface area contributed by atoms with Crippen molar-refractivity contribution in [2.45, 2.75) is 6.42 Å². The minimum atomic E-state index is 0.0186. The number of nitriles is 1. The number of nitrogens with zero attached hydrogens (tertiary/aromatic N) is 3. The number of pyridine rings is 1. The molecule has 0 bridgehead atoms. The second-order valence-electron chi connectivity index (χ2n) is 3.60. The van der Waals surface area contributed by atoms with E-state index in [1.54, 1.807) is 20.2 Å². The van der Waals surface area contributed by atoms with Crippen molar-refractivity contribution in [3.05, 3.63) is 22.8 Å². The standard InChI is InChI=1S/C11H13ClN4O/c1-16(2)9(17)4-6-15-11-10(12)8(7-13)3-5-14-11/h3,5H,4,6H2,1-2H3,(H,14,15). The summed E-state index contributed by atoms with van der Waals surface area (Å²) >= 11 is 5.94. The van der Waals surface area contributed by atoms with Gasteiger partial charge in [0.25, 0.3) is 0 Å². The molecule has 1 aromatic heterocycles. The number of aromatic nitrogens is 1. The third-order valence-electron chi connectivity index (χ3n) is 2.14. The molecule has 1 aromatic rings. The molecule has 90 valence electrons. The molecule has 1 rings (SSSR count). The lowest BCUT2D eigenvalue weighted by molar-refractivity contribution is -0.128. The SMILES string of the molecule is CN(C)C(=O)CCNc1nccc(C#N)c1Cl. The maximum Gasteiger partial charge on any atom is 0.223 e. The minimum absolute atomic E-state index is 0.0186. The van der Waals surface area contributed by atoms with Crippen LogP contribution < -0.4 is 5.32 Å². The van der Waals surface area contributed by atoms with Gasteiger partial charge in [-0.3, -0.25) is 4.79 Å². The molecular weight excluding hydrogens is 240 g/mol. The number of carbonyl (C=O) groups excluding carboxylic acids is 1. The highest BCUT2D eigenvalue weighted by Crippen LogP contribution is 2.22. The first-order valence-electron chi connectivity index (χ1n) is 5.05. The minimum Gasteiger partial charge on any atom is -0.368 e. The Bertz CT molecular complexity index is 453. The maximum absolute atomic E-state index is 11.3. The van der Waals surface area contributed by atoms with Gasteiger partial charge in [-0.15, -0.1) is 0 Å². The topological polar surface area (TPSA) is 69.0 Å². The van der Waals surface area contributed by atoms with Crippen molar-refractivity contribution in [2.24, 2.45) is 0 Å². The molecule has 0 aromatic carbocycles. The third kappa shape index (κ3) is 3.61. The van der Waals surface area contributed by atoms with Crippen LogP contribution in [0.3, 0.4) is 0 Å². The fraction of sp³-hybridized carbons (Fsp3) is 0.364. The fourth-order valence-corrected chi connectivity index (χ4v) is 1.39. The molecule has 17 heavy (non-hydrogen) atoms. The molecule has 0 saturated heterocycles. The average Bonchev–Trinajstić information content (AvgIpc) is 2.31. The van der Waals surface area contributed by atoms with E-state index in [2.05, 4.69) is 10.3 Å². The van der Waals surface area contributed by atoms with Crippen LogP contribution in [0.15, 0.2) is 12.3 Å². The van der Waals surface area contributed by atoms with Gasteiger partial charge < -0.3 is 10.2 Å². The number of hydrogen-bond acceptors (Lipinski definition) is 4. The summed E-state index contributed by atoms with van der Waals surface area (Å²) in [6.45, 7) is 0.429. The summed E-state index contributed by atoms with van der Waals surface area (Å²) in [5.74, 6) is 0.447. The van der Waals surface area contributed by atoms with Crippen molar-refractivity contribution in [1.29, 1.82) is 5.26 Å². The lowest BCUT2D eigenvalue weighted by Gasteiger charge is -2.11. The number of amides is 1. The van der Waals surface area contributed by atoms with Crippen LogP contribution in [0.2, 0.25) is 5.02 Å². The zero-order valence-electron chi connectivity index (χ0n) is 9.70. The monoisotopic (exact) mass is 252 g/mol. The normalized spacial score (nSPS) is 9.53. The van der Waals surface area contributed by atoms with Crippen molar-refractivity contribution in [2.75, 3.05) is 26.0 Å². The highest BCUT2D eigenvalue weighted by Gasteiger charge is 2.08. The number of halogens is 1. The van der Waals surface area contributed by atoms with E-state index in [1.165, 1.54) is 11.1 Å². The van der Waals surface area contributed by atoms with Crippen LogP contribution in [0, 0.1) is 11.3 Å². The molecule has 1 N–H and O–H groups in total. The van der Waals surface area contributed by atoms with Gasteiger partial charge in [-0.1, -0.05) is 11.6 Å². The predicted molar refractivity (Wildman–Crippen MR) is 65.8 cm³/mol. The van der Waals surface area contributed by atoms with Gasteiger partial charge in [-0.25, -0.2) is 4.98 Å². The Hall–Kier alpha value is -1.80. The van der Waals surface area contributed by atoms with Crippen molar-refractivity contribution < 1.29 is 4.79 Å². The molecular formula is C11H13ClN4O. The van der Waals surface area contributed by atoms with Gasteiger partial charge in [-0.2, -0.15) is 5.26 Å². The highest BCUT2D eigenvalue weighted by atomic mass is 35.5. The number of anilines is 1. The highest BCUT2D eigenvalue weighted by molar-refractivity contribution is 6.34. The number of carbonyl (C=O) groups is 1. The molecule has 6 heteroatoms. The third-order valence-corrected chi connectivity index (χ3v) is 2.52. The van der Waals surface area contributed by atoms with Gasteiger partial charge in [-0.05, 0) is 6.07 Å². The molecule has 0 fully saturated rings. The lowest BCUT2D eigenvalue weighted by Crippen LogP contribution is -2.24. The predicted octanol–water partition coefficient (Wildman–Crippen LogP) is 1.50. The zero-order chi connectivity index (χ0) is 12.8. The fourth-order valence-electron chi connectivity index (χ4n) is 1.16. The van der Waals surface area contributed by atoms with Crippen LogP contribution in [0.25, 0.3) is 0 Å². The summed E-state index contributed by atoms with van der Waals surface area (Å²) in [6, 6.07) is 3.51. The Morgan fingerprint density at radius 1 is 1.65 bits per heavy atom. The molecule has 0 atom stereocenters. The Balaban J connectivity index is 2.59. The molecule has 0 unspecified atom stereocenters. The van der Waals surface area contributed by atoms with Crippen molar-refractivity contribution in [3.63, 3.8) is 0 Å². The molecule has 0 aliphatic rings. The van der Waals surface area contributed by atoms with Crippen LogP contribution in [0.4, 0.5) is 5.82 Å². The molecule has 1 amide bonds. The summed E-state index contributed by atoms with van der Waals surface area (Å²) in [7, 11) is 3.40. The molecule has 0 radical (unpaired) electrons. The lowest BCUT2D eigenvalue weighted by atomic mass is 10.3. The maximum atomic E-state index is 11.3. The molecule has 0 saturated carbocycles. The summed E-state index contributed by atoms with van der Waals surface area (Å²) < 4.78 is 0. The van der Waals surface area contributed by atoms with Crippen molar-refractivity contribution in [1.82, 2.24) is 9.88 Å².